The molecule has 2 rings (SSSR count). The lowest BCUT2D eigenvalue weighted by atomic mass is 9.88. The highest BCUT2D eigenvalue weighted by molar-refractivity contribution is 5.35. The summed E-state index contributed by atoms with van der Waals surface area (Å²) in [5.74, 6) is 0.443. The van der Waals surface area contributed by atoms with Crippen molar-refractivity contribution in [1.82, 2.24) is 10.2 Å². The van der Waals surface area contributed by atoms with Crippen LogP contribution >= 0.6 is 0 Å². The van der Waals surface area contributed by atoms with E-state index in [0.717, 1.165) is 6.42 Å². The third-order valence-corrected chi connectivity index (χ3v) is 3.03. The third kappa shape index (κ3) is 1.38. The van der Waals surface area contributed by atoms with Crippen LogP contribution in [0.2, 0.25) is 0 Å². The maximum Gasteiger partial charge on any atom is 0.188 e. The molecule has 1 heterocycles. The second kappa shape index (κ2) is 2.72. The molecule has 14 heavy (non-hydrogen) atoms. The maximum atomic E-state index is 13.4. The predicted octanol–water partition coefficient (Wildman–Crippen LogP) is 2.28. The average Bonchev–Trinajstić information content (AvgIpc) is 2.77. The minimum absolute atomic E-state index is 0.0143. The van der Waals surface area contributed by atoms with Crippen molar-refractivity contribution in [2.24, 2.45) is 11.3 Å². The molecule has 78 valence electrons. The molecule has 3 nitrogen and oxygen atoms in total. The molecule has 1 aromatic heterocycles. The summed E-state index contributed by atoms with van der Waals surface area (Å²) in [6, 6.07) is 0. The number of anilines is 1. The number of rotatable bonds is 1. The van der Waals surface area contributed by atoms with Gasteiger partial charge in [-0.15, -0.1) is 0 Å². The number of nitrogens with two attached hydrogens (primary N) is 1. The van der Waals surface area contributed by atoms with Gasteiger partial charge in [0.15, 0.2) is 11.6 Å². The minimum atomic E-state index is -0.359. The van der Waals surface area contributed by atoms with E-state index in [1.807, 2.05) is 0 Å². The zero-order valence-electron chi connectivity index (χ0n) is 8.76. The van der Waals surface area contributed by atoms with Crippen LogP contribution in [0.5, 0.6) is 0 Å². The smallest absolute Gasteiger partial charge is 0.188 e. The van der Waals surface area contributed by atoms with Gasteiger partial charge < -0.3 is 5.73 Å². The fraction of sp³-hybridized carbons (Fsp3) is 0.700. The van der Waals surface area contributed by atoms with Gasteiger partial charge in [0.05, 0.1) is 5.69 Å². The van der Waals surface area contributed by atoms with Gasteiger partial charge in [0.2, 0.25) is 0 Å². The van der Waals surface area contributed by atoms with Gasteiger partial charge in [0, 0.05) is 5.92 Å². The first-order valence-electron chi connectivity index (χ1n) is 4.90. The Balaban J connectivity index is 2.18. The quantitative estimate of drug-likeness (QED) is 0.725. The number of aromatic amines is 1. The summed E-state index contributed by atoms with van der Waals surface area (Å²) >= 11 is 0. The third-order valence-electron chi connectivity index (χ3n) is 3.03. The molecular formula is C10H16FN3. The normalized spacial score (nSPS) is 26.6. The summed E-state index contributed by atoms with van der Waals surface area (Å²) in [6.45, 7) is 6.53. The highest BCUT2D eigenvalue weighted by atomic mass is 19.1. The summed E-state index contributed by atoms with van der Waals surface area (Å²) in [7, 11) is 0. The molecule has 1 fully saturated rings. The van der Waals surface area contributed by atoms with Crippen molar-refractivity contribution in [3.05, 3.63) is 11.5 Å². The van der Waals surface area contributed by atoms with E-state index in [1.165, 1.54) is 0 Å². The van der Waals surface area contributed by atoms with E-state index in [-0.39, 0.29) is 23.0 Å². The van der Waals surface area contributed by atoms with Gasteiger partial charge >= 0.3 is 0 Å². The van der Waals surface area contributed by atoms with Crippen LogP contribution in [-0.4, -0.2) is 10.2 Å². The SMILES string of the molecule is CC(C)(C)C1CC1c1[nH]nc(N)c1F. The molecule has 0 saturated heterocycles. The summed E-state index contributed by atoms with van der Waals surface area (Å²) < 4.78 is 13.4. The summed E-state index contributed by atoms with van der Waals surface area (Å²) in [4.78, 5) is 0. The first-order valence-corrected chi connectivity index (χ1v) is 4.90. The molecule has 1 saturated carbocycles. The van der Waals surface area contributed by atoms with Crippen molar-refractivity contribution in [2.45, 2.75) is 33.1 Å². The molecule has 0 radical (unpaired) electrons. The maximum absolute atomic E-state index is 13.4. The van der Waals surface area contributed by atoms with Crippen molar-refractivity contribution in [2.75, 3.05) is 5.73 Å². The zero-order chi connectivity index (χ0) is 10.5. The Morgan fingerprint density at radius 1 is 1.50 bits per heavy atom. The molecule has 0 spiro atoms. The van der Waals surface area contributed by atoms with Crippen LogP contribution in [0.4, 0.5) is 10.2 Å². The standard InChI is InChI=1S/C10H16FN3/c1-10(2,3)6-4-5(6)8-7(11)9(12)14-13-8/h5-6H,4H2,1-3H3,(H3,12,13,14). The topological polar surface area (TPSA) is 54.7 Å². The van der Waals surface area contributed by atoms with Crippen molar-refractivity contribution >= 4 is 5.82 Å². The second-order valence-electron chi connectivity index (χ2n) is 5.15. The number of aromatic nitrogens is 2. The summed E-state index contributed by atoms with van der Waals surface area (Å²) in [5, 5.41) is 6.36. The van der Waals surface area contributed by atoms with Gasteiger partial charge in [0.1, 0.15) is 0 Å². The van der Waals surface area contributed by atoms with E-state index in [0.29, 0.717) is 11.6 Å². The highest BCUT2D eigenvalue weighted by Crippen LogP contribution is 2.56. The molecule has 0 aliphatic heterocycles. The van der Waals surface area contributed by atoms with E-state index in [2.05, 4.69) is 31.0 Å². The zero-order valence-corrected chi connectivity index (χ0v) is 8.76. The monoisotopic (exact) mass is 197 g/mol. The van der Waals surface area contributed by atoms with Gasteiger partial charge in [-0.1, -0.05) is 20.8 Å². The van der Waals surface area contributed by atoms with Crippen LogP contribution in [0, 0.1) is 17.2 Å². The molecule has 0 bridgehead atoms. The van der Waals surface area contributed by atoms with E-state index in [4.69, 9.17) is 5.73 Å². The summed E-state index contributed by atoms with van der Waals surface area (Å²) in [6.07, 6.45) is 1.03. The van der Waals surface area contributed by atoms with Gasteiger partial charge in [0.25, 0.3) is 0 Å². The van der Waals surface area contributed by atoms with Crippen molar-refractivity contribution < 1.29 is 4.39 Å². The van der Waals surface area contributed by atoms with Crippen LogP contribution < -0.4 is 5.73 Å². The Labute approximate surface area is 82.9 Å². The van der Waals surface area contributed by atoms with Crippen LogP contribution in [-0.2, 0) is 0 Å². The Bertz CT molecular complexity index is 351. The van der Waals surface area contributed by atoms with Crippen molar-refractivity contribution in [3.8, 4) is 0 Å². The van der Waals surface area contributed by atoms with Crippen LogP contribution in [0.15, 0.2) is 0 Å². The lowest BCUT2D eigenvalue weighted by Gasteiger charge is -2.17. The Hall–Kier alpha value is -1.06. The van der Waals surface area contributed by atoms with Crippen LogP contribution in [0.3, 0.4) is 0 Å². The van der Waals surface area contributed by atoms with Gasteiger partial charge in [-0.05, 0) is 17.8 Å². The minimum Gasteiger partial charge on any atom is -0.380 e. The number of halogens is 1. The molecule has 2 atom stereocenters. The van der Waals surface area contributed by atoms with Crippen molar-refractivity contribution in [3.63, 3.8) is 0 Å². The molecule has 0 aromatic carbocycles. The molecule has 3 N–H and O–H groups in total. The average molecular weight is 197 g/mol. The van der Waals surface area contributed by atoms with E-state index < -0.39 is 0 Å². The lowest BCUT2D eigenvalue weighted by Crippen LogP contribution is -2.09. The molecule has 1 aliphatic carbocycles. The second-order valence-corrected chi connectivity index (χ2v) is 5.15. The van der Waals surface area contributed by atoms with E-state index in [1.54, 1.807) is 0 Å². The first kappa shape index (κ1) is 9.49. The Morgan fingerprint density at radius 2 is 2.14 bits per heavy atom. The fourth-order valence-corrected chi connectivity index (χ4v) is 2.07. The van der Waals surface area contributed by atoms with Gasteiger partial charge in [-0.2, -0.15) is 5.10 Å². The van der Waals surface area contributed by atoms with E-state index in [9.17, 15) is 4.39 Å². The molecule has 2 unspecified atom stereocenters. The molecule has 1 aliphatic rings. The predicted molar refractivity (Wildman–Crippen MR) is 53.3 cm³/mol. The molecular weight excluding hydrogens is 181 g/mol. The summed E-state index contributed by atoms with van der Waals surface area (Å²) in [5.41, 5.74) is 6.16. The molecule has 1 aromatic rings. The molecule has 0 amide bonds. The molecule has 4 heteroatoms. The van der Waals surface area contributed by atoms with E-state index >= 15 is 0 Å². The number of hydrogen-bond donors (Lipinski definition) is 2. The van der Waals surface area contributed by atoms with Gasteiger partial charge in [-0.25, -0.2) is 4.39 Å². The number of H-pyrrole nitrogens is 1. The van der Waals surface area contributed by atoms with Gasteiger partial charge in [-0.3, -0.25) is 5.10 Å². The fourth-order valence-electron chi connectivity index (χ4n) is 2.07. The first-order chi connectivity index (χ1) is 6.41. The van der Waals surface area contributed by atoms with Crippen LogP contribution in [0.1, 0.15) is 38.8 Å². The number of hydrogen-bond acceptors (Lipinski definition) is 2. The number of nitrogens with one attached hydrogen (secondary N) is 1. The highest BCUT2D eigenvalue weighted by Gasteiger charge is 2.48. The largest absolute Gasteiger partial charge is 0.380 e. The lowest BCUT2D eigenvalue weighted by molar-refractivity contribution is 0.341. The van der Waals surface area contributed by atoms with Crippen molar-refractivity contribution in [1.29, 1.82) is 0 Å². The number of nitrogens with zero attached hydrogens (tertiary/aromatic N) is 1. The number of nitrogen functional groups attached to an aromatic ring is 1. The Kier molecular flexibility index (Phi) is 1.84. The Morgan fingerprint density at radius 3 is 2.50 bits per heavy atom. The van der Waals surface area contributed by atoms with Crippen LogP contribution in [0.25, 0.3) is 0 Å².